The molecule has 23 heavy (non-hydrogen) atoms. The number of carbonyl (C=O) groups is 1. The summed E-state index contributed by atoms with van der Waals surface area (Å²) in [6, 6.07) is 3.11. The quantitative estimate of drug-likeness (QED) is 0.899. The Labute approximate surface area is 129 Å². The normalized spacial score (nSPS) is 21.1. The van der Waals surface area contributed by atoms with Crippen LogP contribution in [0.25, 0.3) is 0 Å². The molecule has 1 unspecified atom stereocenters. The molecule has 0 fully saturated rings. The summed E-state index contributed by atoms with van der Waals surface area (Å²) in [6.45, 7) is 1.73. The predicted molar refractivity (Wildman–Crippen MR) is 74.7 cm³/mol. The second kappa shape index (κ2) is 5.54. The van der Waals surface area contributed by atoms with Gasteiger partial charge in [-0.15, -0.1) is 0 Å². The van der Waals surface area contributed by atoms with Crippen LogP contribution in [0.4, 0.5) is 8.78 Å². The van der Waals surface area contributed by atoms with Crippen LogP contribution in [0, 0.1) is 0 Å². The second-order valence-corrected chi connectivity index (χ2v) is 5.24. The van der Waals surface area contributed by atoms with Crippen LogP contribution >= 0.6 is 0 Å². The fourth-order valence-corrected chi connectivity index (χ4v) is 2.33. The highest BCUT2D eigenvalue weighted by atomic mass is 19.3. The lowest BCUT2D eigenvalue weighted by atomic mass is 10.1. The van der Waals surface area contributed by atoms with E-state index in [-0.39, 0.29) is 18.1 Å². The number of amides is 1. The number of carbonyl (C=O) groups excluding carboxylic acids is 1. The van der Waals surface area contributed by atoms with Crippen LogP contribution in [0.1, 0.15) is 23.8 Å². The molecule has 0 saturated carbocycles. The number of rotatable bonds is 4. The Bertz CT molecular complexity index is 741. The van der Waals surface area contributed by atoms with Crippen molar-refractivity contribution in [1.82, 2.24) is 24.6 Å². The van der Waals surface area contributed by atoms with Gasteiger partial charge in [0.2, 0.25) is 5.72 Å². The molecule has 0 saturated heterocycles. The zero-order chi connectivity index (χ0) is 16.6. The fourth-order valence-electron chi connectivity index (χ4n) is 2.33. The van der Waals surface area contributed by atoms with E-state index in [1.54, 1.807) is 23.1 Å². The molecular weight excluding hydrogens is 310 g/mol. The van der Waals surface area contributed by atoms with Crippen LogP contribution < -0.4 is 0 Å². The predicted octanol–water partition coefficient (Wildman–Crippen LogP) is 0.761. The lowest BCUT2D eigenvalue weighted by Crippen LogP contribution is -2.51. The molecule has 1 aliphatic rings. The van der Waals surface area contributed by atoms with Crippen LogP contribution in [-0.4, -0.2) is 53.4 Å². The summed E-state index contributed by atoms with van der Waals surface area (Å²) in [5.74, 6) is -0.885. The molecule has 122 valence electrons. The van der Waals surface area contributed by atoms with E-state index in [2.05, 4.69) is 15.3 Å². The maximum absolute atomic E-state index is 13.1. The number of aromatic nitrogens is 4. The van der Waals surface area contributed by atoms with E-state index >= 15 is 0 Å². The lowest BCUT2D eigenvalue weighted by Gasteiger charge is -2.29. The van der Waals surface area contributed by atoms with Crippen molar-refractivity contribution in [2.75, 3.05) is 0 Å². The number of aliphatic hydroxyl groups is 1. The molecule has 1 aliphatic heterocycles. The Morgan fingerprint density at radius 3 is 2.87 bits per heavy atom. The van der Waals surface area contributed by atoms with Crippen molar-refractivity contribution in [3.05, 3.63) is 36.4 Å². The third-order valence-corrected chi connectivity index (χ3v) is 3.40. The summed E-state index contributed by atoms with van der Waals surface area (Å²) in [5, 5.41) is 22.2. The summed E-state index contributed by atoms with van der Waals surface area (Å²) in [4.78, 5) is 12.4. The monoisotopic (exact) mass is 324 g/mol. The topological polar surface area (TPSA) is 88.5 Å². The molecule has 3 heterocycles. The second-order valence-electron chi connectivity index (χ2n) is 5.24. The van der Waals surface area contributed by atoms with Gasteiger partial charge >= 0.3 is 0 Å². The van der Waals surface area contributed by atoms with Gasteiger partial charge in [-0.3, -0.25) is 14.2 Å². The van der Waals surface area contributed by atoms with Crippen molar-refractivity contribution >= 4 is 11.6 Å². The highest BCUT2D eigenvalue weighted by Gasteiger charge is 2.51. The average Bonchev–Trinajstić information content (AvgIpc) is 3.20. The molecule has 2 aromatic heterocycles. The molecule has 0 aliphatic carbocycles. The summed E-state index contributed by atoms with van der Waals surface area (Å²) < 4.78 is 29.3. The molecule has 8 nitrogen and oxygen atoms in total. The van der Waals surface area contributed by atoms with Crippen molar-refractivity contribution in [1.29, 1.82) is 0 Å². The molecule has 0 radical (unpaired) electrons. The van der Waals surface area contributed by atoms with Crippen molar-refractivity contribution in [2.45, 2.75) is 32.2 Å². The number of hydrazone groups is 1. The van der Waals surface area contributed by atoms with Crippen LogP contribution in [-0.2, 0) is 6.67 Å². The molecule has 0 spiro atoms. The molecular formula is C13H14F2N6O2. The van der Waals surface area contributed by atoms with Gasteiger partial charge in [0.25, 0.3) is 12.3 Å². The molecule has 2 aromatic rings. The van der Waals surface area contributed by atoms with Gasteiger partial charge < -0.3 is 5.11 Å². The Balaban J connectivity index is 1.81. The SMILES string of the molecule is CC1=NN(C(=O)c2ccn(Cn3cccn3)n2)C(O)(C(F)F)C1. The number of hydrogen-bond acceptors (Lipinski definition) is 5. The van der Waals surface area contributed by atoms with Gasteiger partial charge in [0.05, 0.1) is 0 Å². The van der Waals surface area contributed by atoms with E-state index in [4.69, 9.17) is 0 Å². The molecule has 0 bridgehead atoms. The van der Waals surface area contributed by atoms with Gasteiger partial charge in [-0.05, 0) is 19.1 Å². The van der Waals surface area contributed by atoms with Crippen LogP contribution in [0.15, 0.2) is 35.8 Å². The Morgan fingerprint density at radius 2 is 2.22 bits per heavy atom. The highest BCUT2D eigenvalue weighted by Crippen LogP contribution is 2.32. The molecule has 1 N–H and O–H groups in total. The largest absolute Gasteiger partial charge is 0.364 e. The highest BCUT2D eigenvalue weighted by molar-refractivity contribution is 5.96. The number of hydrogen-bond donors (Lipinski definition) is 1. The molecule has 1 atom stereocenters. The first kappa shape index (κ1) is 15.3. The first-order chi connectivity index (χ1) is 10.9. The standard InChI is InChI=1S/C13H14F2N6O2/c1-9-7-13(23,12(14)15)21(17-9)11(22)10-3-6-20(18-10)8-19-5-2-4-16-19/h2-6,12,23H,7-8H2,1H3. The maximum Gasteiger partial charge on any atom is 0.297 e. The van der Waals surface area contributed by atoms with E-state index in [1.165, 1.54) is 23.9 Å². The van der Waals surface area contributed by atoms with Gasteiger partial charge in [-0.2, -0.15) is 20.3 Å². The number of alkyl halides is 2. The van der Waals surface area contributed by atoms with Crippen LogP contribution in [0.3, 0.4) is 0 Å². The van der Waals surface area contributed by atoms with E-state index in [0.717, 1.165) is 0 Å². The first-order valence-corrected chi connectivity index (χ1v) is 6.80. The van der Waals surface area contributed by atoms with Crippen molar-refractivity contribution < 1.29 is 18.7 Å². The third kappa shape index (κ3) is 2.72. The smallest absolute Gasteiger partial charge is 0.297 e. The van der Waals surface area contributed by atoms with Gasteiger partial charge in [-0.25, -0.2) is 8.78 Å². The Morgan fingerprint density at radius 1 is 1.43 bits per heavy atom. The number of halogens is 2. The van der Waals surface area contributed by atoms with Gasteiger partial charge in [0.15, 0.2) is 5.69 Å². The summed E-state index contributed by atoms with van der Waals surface area (Å²) >= 11 is 0. The lowest BCUT2D eigenvalue weighted by molar-refractivity contribution is -0.164. The van der Waals surface area contributed by atoms with Gasteiger partial charge in [-0.1, -0.05) is 0 Å². The van der Waals surface area contributed by atoms with E-state index in [9.17, 15) is 18.7 Å². The zero-order valence-electron chi connectivity index (χ0n) is 12.2. The Hall–Kier alpha value is -2.62. The van der Waals surface area contributed by atoms with Gasteiger partial charge in [0.1, 0.15) is 6.67 Å². The van der Waals surface area contributed by atoms with Crippen LogP contribution in [0.5, 0.6) is 0 Å². The molecule has 0 aromatic carbocycles. The maximum atomic E-state index is 13.1. The van der Waals surface area contributed by atoms with Crippen LogP contribution in [0.2, 0.25) is 0 Å². The van der Waals surface area contributed by atoms with Crippen molar-refractivity contribution in [3.63, 3.8) is 0 Å². The minimum atomic E-state index is -3.14. The average molecular weight is 324 g/mol. The van der Waals surface area contributed by atoms with Crippen molar-refractivity contribution in [3.8, 4) is 0 Å². The first-order valence-electron chi connectivity index (χ1n) is 6.80. The zero-order valence-corrected chi connectivity index (χ0v) is 12.2. The molecule has 1 amide bonds. The summed E-state index contributed by atoms with van der Waals surface area (Å²) in [7, 11) is 0. The number of nitrogens with zero attached hydrogens (tertiary/aromatic N) is 6. The van der Waals surface area contributed by atoms with E-state index < -0.39 is 24.5 Å². The minimum Gasteiger partial charge on any atom is -0.364 e. The summed E-state index contributed by atoms with van der Waals surface area (Å²) in [6.07, 6.45) is 1.29. The van der Waals surface area contributed by atoms with E-state index in [0.29, 0.717) is 5.01 Å². The third-order valence-electron chi connectivity index (χ3n) is 3.40. The Kier molecular flexibility index (Phi) is 3.68. The molecule has 3 rings (SSSR count). The summed E-state index contributed by atoms with van der Waals surface area (Å²) in [5.41, 5.74) is -2.47. The minimum absolute atomic E-state index is 0.0883. The van der Waals surface area contributed by atoms with Gasteiger partial charge in [0, 0.05) is 30.7 Å². The van der Waals surface area contributed by atoms with E-state index in [1.807, 2.05) is 0 Å². The molecule has 10 heteroatoms. The fraction of sp³-hybridized carbons (Fsp3) is 0.385. The van der Waals surface area contributed by atoms with Crippen molar-refractivity contribution in [2.24, 2.45) is 5.10 Å².